The van der Waals surface area contributed by atoms with Crippen LogP contribution in [0.1, 0.15) is 38.7 Å². The molecular weight excluding hydrogens is 286 g/mol. The van der Waals surface area contributed by atoms with E-state index in [4.69, 9.17) is 0 Å². The molecule has 0 saturated heterocycles. The summed E-state index contributed by atoms with van der Waals surface area (Å²) in [5.41, 5.74) is 1.47. The third kappa shape index (κ3) is 3.83. The number of hydrogen-bond donors (Lipinski definition) is 1. The molecule has 1 N–H and O–H groups in total. The Kier molecular flexibility index (Phi) is 5.25. The van der Waals surface area contributed by atoms with Crippen molar-refractivity contribution in [3.63, 3.8) is 0 Å². The molecule has 2 rings (SSSR count). The summed E-state index contributed by atoms with van der Waals surface area (Å²) in [6, 6.07) is 9.27. The van der Waals surface area contributed by atoms with Crippen LogP contribution in [-0.4, -0.2) is 12.6 Å². The molecule has 0 spiro atoms. The van der Waals surface area contributed by atoms with E-state index < -0.39 is 0 Å². The van der Waals surface area contributed by atoms with Crippen LogP contribution in [-0.2, 0) is 6.42 Å². The summed E-state index contributed by atoms with van der Waals surface area (Å²) in [6.45, 7) is 5.66. The van der Waals surface area contributed by atoms with Crippen molar-refractivity contribution in [2.75, 3.05) is 6.54 Å². The zero-order valence-corrected chi connectivity index (χ0v) is 13.0. The molecule has 1 aromatic carbocycles. The Morgan fingerprint density at radius 1 is 1.22 bits per heavy atom. The van der Waals surface area contributed by atoms with Gasteiger partial charge in [0.2, 0.25) is 0 Å². The smallest absolute Gasteiger partial charge is 0.0207 e. The summed E-state index contributed by atoms with van der Waals surface area (Å²) in [4.78, 5) is 0. The molecule has 2 heteroatoms. The molecule has 0 aromatic heterocycles. The Morgan fingerprint density at radius 3 is 2.67 bits per heavy atom. The Morgan fingerprint density at radius 2 is 1.94 bits per heavy atom. The van der Waals surface area contributed by atoms with E-state index >= 15 is 0 Å². The highest BCUT2D eigenvalue weighted by atomic mass is 79.9. The molecule has 2 unspecified atom stereocenters. The SMILES string of the molecule is CC(C)NCC1CCCC1Cc1ccccc1Br. The zero-order valence-electron chi connectivity index (χ0n) is 11.5. The van der Waals surface area contributed by atoms with Crippen molar-refractivity contribution >= 4 is 15.9 Å². The standard InChI is InChI=1S/C16H24BrN/c1-12(2)18-11-15-8-5-7-13(15)10-14-6-3-4-9-16(14)17/h3-4,6,9,12-13,15,18H,5,7-8,10-11H2,1-2H3. The highest BCUT2D eigenvalue weighted by Crippen LogP contribution is 2.35. The number of halogens is 1. The Labute approximate surface area is 119 Å². The molecule has 1 aliphatic carbocycles. The molecule has 0 bridgehead atoms. The lowest BCUT2D eigenvalue weighted by atomic mass is 9.89. The van der Waals surface area contributed by atoms with Crippen LogP contribution in [0.15, 0.2) is 28.7 Å². The fourth-order valence-electron chi connectivity index (χ4n) is 2.98. The maximum absolute atomic E-state index is 3.67. The lowest BCUT2D eigenvalue weighted by Crippen LogP contribution is -2.31. The molecule has 1 nitrogen and oxygen atoms in total. The summed E-state index contributed by atoms with van der Waals surface area (Å²) in [6.07, 6.45) is 5.42. The fourth-order valence-corrected chi connectivity index (χ4v) is 3.43. The molecule has 18 heavy (non-hydrogen) atoms. The molecule has 0 amide bonds. The van der Waals surface area contributed by atoms with E-state index in [0.717, 1.165) is 11.8 Å². The van der Waals surface area contributed by atoms with E-state index in [-0.39, 0.29) is 0 Å². The van der Waals surface area contributed by atoms with Gasteiger partial charge in [-0.2, -0.15) is 0 Å². The van der Waals surface area contributed by atoms with Crippen molar-refractivity contribution in [2.45, 2.75) is 45.6 Å². The van der Waals surface area contributed by atoms with E-state index in [0.29, 0.717) is 6.04 Å². The van der Waals surface area contributed by atoms with Crippen LogP contribution in [0.4, 0.5) is 0 Å². The Balaban J connectivity index is 1.93. The first kappa shape index (κ1) is 14.1. The summed E-state index contributed by atoms with van der Waals surface area (Å²) in [5, 5.41) is 3.61. The molecule has 2 atom stereocenters. The van der Waals surface area contributed by atoms with E-state index in [1.807, 2.05) is 0 Å². The molecule has 1 aliphatic rings. The van der Waals surface area contributed by atoms with Gasteiger partial charge in [-0.15, -0.1) is 0 Å². The molecule has 100 valence electrons. The number of hydrogen-bond acceptors (Lipinski definition) is 1. The van der Waals surface area contributed by atoms with Gasteiger partial charge in [-0.3, -0.25) is 0 Å². The normalized spacial score (nSPS) is 23.8. The second-order valence-corrected chi connectivity index (χ2v) is 6.66. The van der Waals surface area contributed by atoms with Crippen molar-refractivity contribution in [1.29, 1.82) is 0 Å². The third-order valence-electron chi connectivity index (χ3n) is 4.04. The average molecular weight is 310 g/mol. The summed E-state index contributed by atoms with van der Waals surface area (Å²) in [5.74, 6) is 1.72. The quantitative estimate of drug-likeness (QED) is 0.849. The van der Waals surface area contributed by atoms with Gasteiger partial charge in [-0.1, -0.05) is 54.4 Å². The van der Waals surface area contributed by atoms with Crippen LogP contribution in [0.2, 0.25) is 0 Å². The zero-order chi connectivity index (χ0) is 13.0. The first-order valence-electron chi connectivity index (χ1n) is 7.13. The van der Waals surface area contributed by atoms with Gasteiger partial charge < -0.3 is 5.32 Å². The molecule has 0 heterocycles. The highest BCUT2D eigenvalue weighted by Gasteiger charge is 2.27. The van der Waals surface area contributed by atoms with Crippen LogP contribution in [0, 0.1) is 11.8 Å². The lowest BCUT2D eigenvalue weighted by Gasteiger charge is -2.22. The number of benzene rings is 1. The van der Waals surface area contributed by atoms with Crippen LogP contribution < -0.4 is 5.32 Å². The first-order chi connectivity index (χ1) is 8.66. The largest absolute Gasteiger partial charge is 0.314 e. The van der Waals surface area contributed by atoms with Crippen LogP contribution >= 0.6 is 15.9 Å². The van der Waals surface area contributed by atoms with E-state index in [1.165, 1.54) is 42.3 Å². The minimum absolute atomic E-state index is 0.606. The maximum atomic E-state index is 3.67. The van der Waals surface area contributed by atoms with Gasteiger partial charge in [-0.25, -0.2) is 0 Å². The number of rotatable bonds is 5. The number of nitrogens with one attached hydrogen (secondary N) is 1. The minimum Gasteiger partial charge on any atom is -0.314 e. The monoisotopic (exact) mass is 309 g/mol. The molecule has 0 aliphatic heterocycles. The topological polar surface area (TPSA) is 12.0 Å². The van der Waals surface area contributed by atoms with Crippen molar-refractivity contribution < 1.29 is 0 Å². The summed E-state index contributed by atoms with van der Waals surface area (Å²) in [7, 11) is 0. The predicted molar refractivity (Wildman–Crippen MR) is 81.8 cm³/mol. The molecule has 0 radical (unpaired) electrons. The van der Waals surface area contributed by atoms with Crippen LogP contribution in [0.3, 0.4) is 0 Å². The predicted octanol–water partition coefficient (Wildman–Crippen LogP) is 4.41. The van der Waals surface area contributed by atoms with E-state index in [2.05, 4.69) is 59.4 Å². The Bertz CT molecular complexity index is 375. The first-order valence-corrected chi connectivity index (χ1v) is 7.93. The Hall–Kier alpha value is -0.340. The van der Waals surface area contributed by atoms with Gasteiger partial charge in [0.1, 0.15) is 0 Å². The second kappa shape index (κ2) is 6.72. The van der Waals surface area contributed by atoms with Gasteiger partial charge in [0.15, 0.2) is 0 Å². The van der Waals surface area contributed by atoms with Crippen molar-refractivity contribution in [2.24, 2.45) is 11.8 Å². The highest BCUT2D eigenvalue weighted by molar-refractivity contribution is 9.10. The van der Waals surface area contributed by atoms with Crippen LogP contribution in [0.25, 0.3) is 0 Å². The summed E-state index contributed by atoms with van der Waals surface area (Å²) >= 11 is 3.67. The van der Waals surface area contributed by atoms with Crippen molar-refractivity contribution in [3.8, 4) is 0 Å². The lowest BCUT2D eigenvalue weighted by molar-refractivity contribution is 0.354. The molecule has 1 saturated carbocycles. The van der Waals surface area contributed by atoms with Crippen molar-refractivity contribution in [3.05, 3.63) is 34.3 Å². The molecule has 1 aromatic rings. The van der Waals surface area contributed by atoms with Gasteiger partial charge in [0, 0.05) is 10.5 Å². The van der Waals surface area contributed by atoms with Gasteiger partial charge in [-0.05, 0) is 49.3 Å². The average Bonchev–Trinajstić information content (AvgIpc) is 2.77. The minimum atomic E-state index is 0.606. The van der Waals surface area contributed by atoms with Crippen LogP contribution in [0.5, 0.6) is 0 Å². The summed E-state index contributed by atoms with van der Waals surface area (Å²) < 4.78 is 1.27. The van der Waals surface area contributed by atoms with Gasteiger partial charge in [0.25, 0.3) is 0 Å². The third-order valence-corrected chi connectivity index (χ3v) is 4.82. The van der Waals surface area contributed by atoms with Crippen molar-refractivity contribution in [1.82, 2.24) is 5.32 Å². The molecular formula is C16H24BrN. The van der Waals surface area contributed by atoms with E-state index in [9.17, 15) is 0 Å². The molecule has 1 fully saturated rings. The fraction of sp³-hybridized carbons (Fsp3) is 0.625. The van der Waals surface area contributed by atoms with E-state index in [1.54, 1.807) is 0 Å². The van der Waals surface area contributed by atoms with Gasteiger partial charge >= 0.3 is 0 Å². The van der Waals surface area contributed by atoms with Gasteiger partial charge in [0.05, 0.1) is 0 Å². The second-order valence-electron chi connectivity index (χ2n) is 5.81. The maximum Gasteiger partial charge on any atom is 0.0207 e.